The molecule has 20 heavy (non-hydrogen) atoms. The van der Waals surface area contributed by atoms with Crippen molar-refractivity contribution in [2.24, 2.45) is 5.92 Å². The highest BCUT2D eigenvalue weighted by Crippen LogP contribution is 2.25. The Kier molecular flexibility index (Phi) is 4.59. The molecule has 7 heteroatoms. The molecule has 6 nitrogen and oxygen atoms in total. The first kappa shape index (κ1) is 14.8. The first-order chi connectivity index (χ1) is 9.54. The molecule has 0 aliphatic carbocycles. The number of likely N-dealkylation sites (N-methyl/N-ethyl adjacent to an activating group) is 1. The minimum atomic E-state index is -1.18. The molecule has 0 saturated carbocycles. The molecule has 1 aliphatic heterocycles. The van der Waals surface area contributed by atoms with E-state index in [1.165, 1.54) is 12.1 Å². The van der Waals surface area contributed by atoms with Gasteiger partial charge in [0, 0.05) is 6.04 Å². The Hall–Kier alpha value is -1.63. The molecule has 1 aliphatic rings. The fourth-order valence-electron chi connectivity index (χ4n) is 2.17. The average molecular weight is 299 g/mol. The predicted molar refractivity (Wildman–Crippen MR) is 74.2 cm³/mol. The smallest absolute Gasteiger partial charge is 0.339 e. The van der Waals surface area contributed by atoms with Gasteiger partial charge in [0.05, 0.1) is 29.8 Å². The number of carboxylic acids is 1. The summed E-state index contributed by atoms with van der Waals surface area (Å²) in [6.07, 6.45) is 0. The van der Waals surface area contributed by atoms with Gasteiger partial charge in [-0.3, -0.25) is 4.79 Å². The number of benzene rings is 1. The molecular weight excluding hydrogens is 284 g/mol. The van der Waals surface area contributed by atoms with Gasteiger partial charge < -0.3 is 20.5 Å². The number of carboxylic acid groups (broad SMARTS) is 1. The number of nitrogens with one attached hydrogen (secondary N) is 2. The fraction of sp³-hybridized carbons (Fsp3) is 0.385. The molecule has 0 radical (unpaired) electrons. The van der Waals surface area contributed by atoms with Crippen LogP contribution in [0.25, 0.3) is 0 Å². The zero-order chi connectivity index (χ0) is 14.7. The van der Waals surface area contributed by atoms with Crippen molar-refractivity contribution in [3.05, 3.63) is 28.8 Å². The molecule has 0 bridgehead atoms. The van der Waals surface area contributed by atoms with Crippen LogP contribution in [-0.4, -0.2) is 43.3 Å². The van der Waals surface area contributed by atoms with Gasteiger partial charge in [0.2, 0.25) is 5.91 Å². The van der Waals surface area contributed by atoms with E-state index in [0.717, 1.165) is 0 Å². The van der Waals surface area contributed by atoms with Gasteiger partial charge >= 0.3 is 5.97 Å². The van der Waals surface area contributed by atoms with Crippen LogP contribution in [0, 0.1) is 5.92 Å². The minimum Gasteiger partial charge on any atom is -0.478 e. The van der Waals surface area contributed by atoms with Gasteiger partial charge in [0.25, 0.3) is 0 Å². The third kappa shape index (κ3) is 2.92. The number of carbonyl (C=O) groups excluding carboxylic acids is 1. The normalized spacial score (nSPS) is 21.7. The minimum absolute atomic E-state index is 0.0811. The van der Waals surface area contributed by atoms with Gasteiger partial charge in [-0.15, -0.1) is 0 Å². The number of rotatable bonds is 4. The number of hydrogen-bond acceptors (Lipinski definition) is 4. The number of aromatic carboxylic acids is 1. The molecule has 2 unspecified atom stereocenters. The van der Waals surface area contributed by atoms with Crippen molar-refractivity contribution in [3.63, 3.8) is 0 Å². The van der Waals surface area contributed by atoms with Gasteiger partial charge in [-0.05, 0) is 19.2 Å². The SMILES string of the molecule is CNC1COCC1C(=O)Nc1cccc(Cl)c1C(=O)O. The van der Waals surface area contributed by atoms with Crippen LogP contribution in [-0.2, 0) is 9.53 Å². The van der Waals surface area contributed by atoms with Gasteiger partial charge in [-0.1, -0.05) is 17.7 Å². The maximum absolute atomic E-state index is 12.2. The lowest BCUT2D eigenvalue weighted by atomic mass is 10.0. The van der Waals surface area contributed by atoms with E-state index in [2.05, 4.69) is 10.6 Å². The quantitative estimate of drug-likeness (QED) is 0.778. The van der Waals surface area contributed by atoms with Crippen LogP contribution in [0.1, 0.15) is 10.4 Å². The zero-order valence-electron chi connectivity index (χ0n) is 10.9. The Morgan fingerprint density at radius 3 is 2.80 bits per heavy atom. The standard InChI is InChI=1S/C13H15ClN2O4/c1-15-10-6-20-5-7(10)12(17)16-9-4-2-3-8(14)11(9)13(18)19/h2-4,7,10,15H,5-6H2,1H3,(H,16,17)(H,18,19). The largest absolute Gasteiger partial charge is 0.478 e. The second kappa shape index (κ2) is 6.21. The van der Waals surface area contributed by atoms with Crippen molar-refractivity contribution >= 4 is 29.2 Å². The summed E-state index contributed by atoms with van der Waals surface area (Å²) >= 11 is 5.85. The van der Waals surface area contributed by atoms with E-state index in [1.54, 1.807) is 13.1 Å². The van der Waals surface area contributed by atoms with Gasteiger partial charge in [0.15, 0.2) is 0 Å². The van der Waals surface area contributed by atoms with E-state index in [4.69, 9.17) is 21.4 Å². The van der Waals surface area contributed by atoms with E-state index in [1.807, 2.05) is 0 Å². The van der Waals surface area contributed by atoms with Gasteiger partial charge in [-0.25, -0.2) is 4.79 Å². The third-order valence-electron chi connectivity index (χ3n) is 3.27. The summed E-state index contributed by atoms with van der Waals surface area (Å²) in [5.41, 5.74) is 0.0826. The third-order valence-corrected chi connectivity index (χ3v) is 3.59. The van der Waals surface area contributed by atoms with E-state index in [9.17, 15) is 9.59 Å². The molecule has 0 aromatic heterocycles. The van der Waals surface area contributed by atoms with Gasteiger partial charge in [-0.2, -0.15) is 0 Å². The summed E-state index contributed by atoms with van der Waals surface area (Å²) < 4.78 is 5.26. The summed E-state index contributed by atoms with van der Waals surface area (Å²) in [6.45, 7) is 0.760. The fourth-order valence-corrected chi connectivity index (χ4v) is 2.42. The predicted octanol–water partition coefficient (Wildman–Crippen LogP) is 1.21. The van der Waals surface area contributed by atoms with Crippen molar-refractivity contribution in [2.45, 2.75) is 6.04 Å². The first-order valence-electron chi connectivity index (χ1n) is 6.12. The maximum Gasteiger partial charge on any atom is 0.339 e. The number of anilines is 1. The molecule has 0 spiro atoms. The highest BCUT2D eigenvalue weighted by molar-refractivity contribution is 6.34. The Labute approximate surface area is 121 Å². The van der Waals surface area contributed by atoms with E-state index < -0.39 is 5.97 Å². The average Bonchev–Trinajstić information content (AvgIpc) is 2.86. The van der Waals surface area contributed by atoms with E-state index in [-0.39, 0.29) is 34.1 Å². The molecule has 2 rings (SSSR count). The van der Waals surface area contributed by atoms with Crippen LogP contribution in [0.15, 0.2) is 18.2 Å². The van der Waals surface area contributed by atoms with E-state index in [0.29, 0.717) is 13.2 Å². The lowest BCUT2D eigenvalue weighted by Gasteiger charge is -2.17. The molecule has 1 saturated heterocycles. The van der Waals surface area contributed by atoms with Crippen LogP contribution >= 0.6 is 11.6 Å². The van der Waals surface area contributed by atoms with Crippen LogP contribution in [0.2, 0.25) is 5.02 Å². The molecule has 1 heterocycles. The van der Waals surface area contributed by atoms with Gasteiger partial charge in [0.1, 0.15) is 5.56 Å². The van der Waals surface area contributed by atoms with Crippen molar-refractivity contribution in [3.8, 4) is 0 Å². The van der Waals surface area contributed by atoms with Crippen LogP contribution in [0.5, 0.6) is 0 Å². The molecule has 1 aromatic rings. The van der Waals surface area contributed by atoms with Crippen LogP contribution in [0.3, 0.4) is 0 Å². The highest BCUT2D eigenvalue weighted by atomic mass is 35.5. The number of ether oxygens (including phenoxy) is 1. The second-order valence-corrected chi connectivity index (χ2v) is 4.90. The zero-order valence-corrected chi connectivity index (χ0v) is 11.6. The molecule has 1 fully saturated rings. The molecule has 108 valence electrons. The van der Waals surface area contributed by atoms with Crippen molar-refractivity contribution in [1.29, 1.82) is 0 Å². The highest BCUT2D eigenvalue weighted by Gasteiger charge is 2.33. The van der Waals surface area contributed by atoms with Crippen molar-refractivity contribution in [2.75, 3.05) is 25.6 Å². The first-order valence-corrected chi connectivity index (χ1v) is 6.50. The number of carbonyl (C=O) groups is 2. The number of amides is 1. The van der Waals surface area contributed by atoms with Crippen LogP contribution < -0.4 is 10.6 Å². The van der Waals surface area contributed by atoms with Crippen molar-refractivity contribution in [1.82, 2.24) is 5.32 Å². The number of hydrogen-bond donors (Lipinski definition) is 3. The topological polar surface area (TPSA) is 87.7 Å². The monoisotopic (exact) mass is 298 g/mol. The second-order valence-electron chi connectivity index (χ2n) is 4.50. The summed E-state index contributed by atoms with van der Waals surface area (Å²) in [6, 6.07) is 4.49. The molecule has 2 atom stereocenters. The molecule has 1 amide bonds. The Balaban J connectivity index is 2.20. The van der Waals surface area contributed by atoms with Crippen molar-refractivity contribution < 1.29 is 19.4 Å². The summed E-state index contributed by atoms with van der Waals surface area (Å²) in [5.74, 6) is -1.83. The lowest BCUT2D eigenvalue weighted by Crippen LogP contribution is -2.39. The molecule has 3 N–H and O–H groups in total. The molecular formula is C13H15ClN2O4. The maximum atomic E-state index is 12.2. The lowest BCUT2D eigenvalue weighted by molar-refractivity contribution is -0.120. The Bertz CT molecular complexity index is 535. The summed E-state index contributed by atoms with van der Waals surface area (Å²) in [7, 11) is 1.75. The Morgan fingerprint density at radius 2 is 2.15 bits per heavy atom. The van der Waals surface area contributed by atoms with E-state index >= 15 is 0 Å². The van der Waals surface area contributed by atoms with Crippen LogP contribution in [0.4, 0.5) is 5.69 Å². The summed E-state index contributed by atoms with van der Waals surface area (Å²) in [4.78, 5) is 23.4. The molecule has 1 aromatic carbocycles. The summed E-state index contributed by atoms with van der Waals surface area (Å²) in [5, 5.41) is 14.9. The Morgan fingerprint density at radius 1 is 1.40 bits per heavy atom. The number of halogens is 1.